The minimum Gasteiger partial charge on any atom is -0.456 e. The highest BCUT2D eigenvalue weighted by atomic mass is 16.3. The van der Waals surface area contributed by atoms with E-state index >= 15 is 0 Å². The zero-order valence-electron chi connectivity index (χ0n) is 30.2. The molecule has 0 fully saturated rings. The van der Waals surface area contributed by atoms with Gasteiger partial charge in [0.1, 0.15) is 22.3 Å². The fraction of sp³-hybridized carbons (Fsp3) is 0. The first-order valence-corrected chi connectivity index (χ1v) is 19.0. The minimum absolute atomic E-state index is 0.856. The van der Waals surface area contributed by atoms with Crippen molar-refractivity contribution in [3.05, 3.63) is 194 Å². The predicted octanol–water partition coefficient (Wildman–Crippen LogP) is 14.9. The van der Waals surface area contributed by atoms with Gasteiger partial charge < -0.3 is 18.3 Å². The summed E-state index contributed by atoms with van der Waals surface area (Å²) in [5.74, 6) is 0. The Bertz CT molecular complexity index is 3440. The molecule has 0 bridgehead atoms. The Hall–Kier alpha value is -7.56. The van der Waals surface area contributed by atoms with Crippen LogP contribution in [-0.4, -0.2) is 4.57 Å². The van der Waals surface area contributed by atoms with Crippen LogP contribution in [0.5, 0.6) is 0 Å². The highest BCUT2D eigenvalue weighted by Crippen LogP contribution is 2.43. The van der Waals surface area contributed by atoms with Crippen molar-refractivity contribution in [3.63, 3.8) is 0 Å². The highest BCUT2D eigenvalue weighted by molar-refractivity contribution is 6.19. The molecule has 0 unspecified atom stereocenters. The van der Waals surface area contributed by atoms with Crippen LogP contribution in [0.4, 0.5) is 17.1 Å². The molecule has 12 aromatic rings. The van der Waals surface area contributed by atoms with Crippen LogP contribution in [0.2, 0.25) is 0 Å². The van der Waals surface area contributed by atoms with Crippen LogP contribution in [0.3, 0.4) is 0 Å². The minimum atomic E-state index is 0.856. The third kappa shape index (κ3) is 4.60. The first-order valence-electron chi connectivity index (χ1n) is 19.0. The summed E-state index contributed by atoms with van der Waals surface area (Å²) >= 11 is 0. The molecule has 0 N–H and O–H groups in total. The fourth-order valence-corrected chi connectivity index (χ4v) is 8.86. The number of hydrogen-bond donors (Lipinski definition) is 0. The molecule has 3 heterocycles. The van der Waals surface area contributed by atoms with E-state index in [1.54, 1.807) is 0 Å². The molecule has 56 heavy (non-hydrogen) atoms. The number of anilines is 3. The van der Waals surface area contributed by atoms with Crippen LogP contribution >= 0.6 is 0 Å². The number of nitrogens with zero attached hydrogens (tertiary/aromatic N) is 2. The van der Waals surface area contributed by atoms with Crippen LogP contribution in [0, 0.1) is 0 Å². The third-order valence-corrected chi connectivity index (χ3v) is 11.4. The summed E-state index contributed by atoms with van der Waals surface area (Å²) in [6.07, 6.45) is 0. The average molecular weight is 717 g/mol. The first-order chi connectivity index (χ1) is 27.8. The SMILES string of the molecule is c1cc(N(c2ccc(-c3cccc4oc5c6ccccc6ccc5c34)cc2)c2ccc3c(c2)oc2ccccc23)cc(-n2c3ccccc3c3ccccc32)c1. The van der Waals surface area contributed by atoms with Crippen LogP contribution in [0.15, 0.2) is 203 Å². The number of fused-ring (bicyclic) bond motifs is 11. The molecular formula is C52H32N2O2. The third-order valence-electron chi connectivity index (χ3n) is 11.4. The Kier molecular flexibility index (Phi) is 6.60. The number of para-hydroxylation sites is 3. The van der Waals surface area contributed by atoms with Gasteiger partial charge in [0, 0.05) is 66.5 Å². The molecule has 0 aliphatic rings. The van der Waals surface area contributed by atoms with Gasteiger partial charge in [-0.15, -0.1) is 0 Å². The molecular weight excluding hydrogens is 685 g/mol. The molecule has 0 saturated heterocycles. The number of aromatic nitrogens is 1. The zero-order chi connectivity index (χ0) is 36.7. The van der Waals surface area contributed by atoms with E-state index in [9.17, 15) is 0 Å². The van der Waals surface area contributed by atoms with Crippen molar-refractivity contribution >= 4 is 93.5 Å². The number of hydrogen-bond acceptors (Lipinski definition) is 3. The lowest BCUT2D eigenvalue weighted by molar-refractivity contribution is 0.669. The maximum absolute atomic E-state index is 6.54. The van der Waals surface area contributed by atoms with Crippen LogP contribution < -0.4 is 4.90 Å². The second kappa shape index (κ2) is 12.0. The van der Waals surface area contributed by atoms with Gasteiger partial charge in [-0.3, -0.25) is 0 Å². The second-order valence-electron chi connectivity index (χ2n) is 14.5. The lowest BCUT2D eigenvalue weighted by atomic mass is 9.98. The van der Waals surface area contributed by atoms with Crippen molar-refractivity contribution in [2.24, 2.45) is 0 Å². The van der Waals surface area contributed by atoms with Gasteiger partial charge >= 0.3 is 0 Å². The van der Waals surface area contributed by atoms with Gasteiger partial charge in [0.25, 0.3) is 0 Å². The van der Waals surface area contributed by atoms with Crippen molar-refractivity contribution in [2.75, 3.05) is 4.90 Å². The predicted molar refractivity (Wildman–Crippen MR) is 233 cm³/mol. The van der Waals surface area contributed by atoms with Crippen LogP contribution in [0.1, 0.15) is 0 Å². The van der Waals surface area contributed by atoms with E-state index in [0.717, 1.165) is 83.1 Å². The average Bonchev–Trinajstić information content (AvgIpc) is 3.94. The first kappa shape index (κ1) is 30.9. The van der Waals surface area contributed by atoms with Crippen LogP contribution in [-0.2, 0) is 0 Å². The largest absolute Gasteiger partial charge is 0.456 e. The van der Waals surface area contributed by atoms with Crippen molar-refractivity contribution in [3.8, 4) is 16.8 Å². The normalized spacial score (nSPS) is 11.9. The van der Waals surface area contributed by atoms with Gasteiger partial charge in [0.05, 0.1) is 11.0 Å². The summed E-state index contributed by atoms with van der Waals surface area (Å²) in [5.41, 5.74) is 12.4. The lowest BCUT2D eigenvalue weighted by Gasteiger charge is -2.26. The molecule has 0 saturated carbocycles. The number of rotatable bonds is 5. The zero-order valence-corrected chi connectivity index (χ0v) is 30.2. The van der Waals surface area contributed by atoms with E-state index in [1.165, 1.54) is 27.2 Å². The molecule has 0 aliphatic heterocycles. The van der Waals surface area contributed by atoms with Crippen molar-refractivity contribution in [1.82, 2.24) is 4.57 Å². The lowest BCUT2D eigenvalue weighted by Crippen LogP contribution is -2.10. The second-order valence-corrected chi connectivity index (χ2v) is 14.5. The summed E-state index contributed by atoms with van der Waals surface area (Å²) in [7, 11) is 0. The Labute approximate surface area is 321 Å². The molecule has 3 aromatic heterocycles. The molecule has 9 aromatic carbocycles. The number of furan rings is 2. The van der Waals surface area contributed by atoms with E-state index in [-0.39, 0.29) is 0 Å². The van der Waals surface area contributed by atoms with E-state index in [1.807, 2.05) is 12.1 Å². The smallest absolute Gasteiger partial charge is 0.143 e. The molecule has 0 spiro atoms. The molecule has 0 aliphatic carbocycles. The van der Waals surface area contributed by atoms with Gasteiger partial charge in [-0.25, -0.2) is 0 Å². The molecule has 0 amide bonds. The quantitative estimate of drug-likeness (QED) is 0.178. The Balaban J connectivity index is 1.03. The molecule has 4 heteroatoms. The summed E-state index contributed by atoms with van der Waals surface area (Å²) in [4.78, 5) is 2.33. The topological polar surface area (TPSA) is 34.5 Å². The van der Waals surface area contributed by atoms with Crippen LogP contribution in [0.25, 0.3) is 93.3 Å². The molecule has 262 valence electrons. The number of benzene rings is 9. The van der Waals surface area contributed by atoms with Gasteiger partial charge in [-0.2, -0.15) is 0 Å². The van der Waals surface area contributed by atoms with Gasteiger partial charge in [0.15, 0.2) is 0 Å². The van der Waals surface area contributed by atoms with E-state index in [2.05, 4.69) is 191 Å². The maximum Gasteiger partial charge on any atom is 0.143 e. The van der Waals surface area contributed by atoms with Gasteiger partial charge in [0.2, 0.25) is 0 Å². The monoisotopic (exact) mass is 716 g/mol. The molecule has 0 atom stereocenters. The molecule has 4 nitrogen and oxygen atoms in total. The van der Waals surface area contributed by atoms with Crippen molar-refractivity contribution < 1.29 is 8.83 Å². The summed E-state index contributed by atoms with van der Waals surface area (Å²) < 4.78 is 15.3. The van der Waals surface area contributed by atoms with Crippen molar-refractivity contribution in [1.29, 1.82) is 0 Å². The summed E-state index contributed by atoms with van der Waals surface area (Å²) in [6, 6.07) is 69.0. The van der Waals surface area contributed by atoms with Crippen molar-refractivity contribution in [2.45, 2.75) is 0 Å². The summed E-state index contributed by atoms with van der Waals surface area (Å²) in [5, 5.41) is 9.26. The van der Waals surface area contributed by atoms with Gasteiger partial charge in [-0.1, -0.05) is 115 Å². The standard InChI is InChI=1S/C52H32N2O2/c1-2-14-40-33(11-1)25-29-45-51-39(18-10-22-49(51)56-52(40)45)34-23-26-35(27-24-34)53(38-28-30-44-43-17-5-8-21-48(43)55-50(44)32-38)36-12-9-13-37(31-36)54-46-19-6-3-15-41(46)42-16-4-7-20-47(42)54/h1-32H. The highest BCUT2D eigenvalue weighted by Gasteiger charge is 2.19. The molecule has 0 radical (unpaired) electrons. The Morgan fingerprint density at radius 3 is 1.82 bits per heavy atom. The van der Waals surface area contributed by atoms with E-state index < -0.39 is 0 Å². The molecule has 12 rings (SSSR count). The fourth-order valence-electron chi connectivity index (χ4n) is 8.86. The summed E-state index contributed by atoms with van der Waals surface area (Å²) in [6.45, 7) is 0. The Morgan fingerprint density at radius 1 is 0.375 bits per heavy atom. The van der Waals surface area contributed by atoms with Gasteiger partial charge in [-0.05, 0) is 89.3 Å². The maximum atomic E-state index is 6.54. The van der Waals surface area contributed by atoms with E-state index in [0.29, 0.717) is 0 Å². The Morgan fingerprint density at radius 2 is 1.00 bits per heavy atom. The van der Waals surface area contributed by atoms with E-state index in [4.69, 9.17) is 8.83 Å².